The lowest BCUT2D eigenvalue weighted by Gasteiger charge is -2.14. The summed E-state index contributed by atoms with van der Waals surface area (Å²) in [6, 6.07) is 16.7. The number of imide groups is 1. The highest BCUT2D eigenvalue weighted by atomic mass is 16.7. The molecule has 1 fully saturated rings. The van der Waals surface area contributed by atoms with Gasteiger partial charge in [-0.1, -0.05) is 48.5 Å². The summed E-state index contributed by atoms with van der Waals surface area (Å²) < 4.78 is 0. The summed E-state index contributed by atoms with van der Waals surface area (Å²) in [6.07, 6.45) is 0.726. The second-order valence-electron chi connectivity index (χ2n) is 5.28. The molecule has 0 atom stereocenters. The Morgan fingerprint density at radius 2 is 1.52 bits per heavy atom. The van der Waals surface area contributed by atoms with E-state index in [1.807, 2.05) is 42.5 Å². The van der Waals surface area contributed by atoms with Crippen LogP contribution >= 0.6 is 0 Å². The first-order valence-corrected chi connectivity index (χ1v) is 7.35. The Kier molecular flexibility index (Phi) is 4.19. The van der Waals surface area contributed by atoms with Gasteiger partial charge in [0.15, 0.2) is 0 Å². The van der Waals surface area contributed by atoms with Crippen LogP contribution in [0.4, 0.5) is 0 Å². The van der Waals surface area contributed by atoms with Crippen LogP contribution in [0.1, 0.15) is 34.3 Å². The second-order valence-corrected chi connectivity index (χ2v) is 5.28. The van der Waals surface area contributed by atoms with E-state index in [1.54, 1.807) is 12.1 Å². The monoisotopic (exact) mass is 309 g/mol. The van der Waals surface area contributed by atoms with Crippen molar-refractivity contribution in [1.29, 1.82) is 0 Å². The fourth-order valence-corrected chi connectivity index (χ4v) is 2.48. The van der Waals surface area contributed by atoms with Crippen molar-refractivity contribution in [3.05, 3.63) is 71.3 Å². The van der Waals surface area contributed by atoms with Gasteiger partial charge in [-0.25, -0.2) is 4.79 Å². The number of amides is 2. The molecule has 2 aromatic carbocycles. The van der Waals surface area contributed by atoms with E-state index in [0.29, 0.717) is 17.0 Å². The van der Waals surface area contributed by atoms with Gasteiger partial charge < -0.3 is 4.84 Å². The van der Waals surface area contributed by atoms with Crippen LogP contribution in [-0.4, -0.2) is 22.8 Å². The van der Waals surface area contributed by atoms with Crippen LogP contribution in [0.25, 0.3) is 0 Å². The van der Waals surface area contributed by atoms with E-state index in [9.17, 15) is 14.4 Å². The molecule has 1 saturated heterocycles. The van der Waals surface area contributed by atoms with Crippen molar-refractivity contribution >= 4 is 17.8 Å². The van der Waals surface area contributed by atoms with E-state index in [-0.39, 0.29) is 12.8 Å². The third-order valence-electron chi connectivity index (χ3n) is 3.65. The van der Waals surface area contributed by atoms with E-state index in [1.165, 1.54) is 0 Å². The lowest BCUT2D eigenvalue weighted by Crippen LogP contribution is -2.32. The minimum absolute atomic E-state index is 0.0811. The van der Waals surface area contributed by atoms with Crippen molar-refractivity contribution in [3.8, 4) is 0 Å². The van der Waals surface area contributed by atoms with Gasteiger partial charge in [0.2, 0.25) is 0 Å². The molecule has 0 spiro atoms. The molecule has 2 aromatic rings. The summed E-state index contributed by atoms with van der Waals surface area (Å²) in [5.74, 6) is -1.66. The Hall–Kier alpha value is -2.95. The van der Waals surface area contributed by atoms with Crippen LogP contribution < -0.4 is 0 Å². The van der Waals surface area contributed by atoms with Crippen LogP contribution in [0.5, 0.6) is 0 Å². The van der Waals surface area contributed by atoms with Gasteiger partial charge in [0.1, 0.15) is 0 Å². The summed E-state index contributed by atoms with van der Waals surface area (Å²) in [4.78, 5) is 40.4. The molecular formula is C18H15NO4. The average Bonchev–Trinajstić information content (AvgIpc) is 2.88. The highest BCUT2D eigenvalue weighted by molar-refractivity contribution is 6.03. The molecule has 0 radical (unpaired) electrons. The maximum absolute atomic E-state index is 12.3. The first kappa shape index (κ1) is 15.0. The Balaban J connectivity index is 1.81. The summed E-state index contributed by atoms with van der Waals surface area (Å²) in [7, 11) is 0. The molecule has 5 nitrogen and oxygen atoms in total. The van der Waals surface area contributed by atoms with E-state index < -0.39 is 17.8 Å². The number of rotatable bonds is 4. The van der Waals surface area contributed by atoms with Crippen LogP contribution in [0, 0.1) is 0 Å². The molecule has 0 aromatic heterocycles. The molecule has 0 saturated carbocycles. The summed E-state index contributed by atoms with van der Waals surface area (Å²) in [5.41, 5.74) is 2.19. The molecule has 0 N–H and O–H groups in total. The standard InChI is InChI=1S/C18H15NO4/c20-16-10-11-17(21)19(16)23-18(22)15-9-5-4-8-14(15)12-13-6-2-1-3-7-13/h1-9H,10-12H2. The smallest absolute Gasteiger partial charge is 0.325 e. The van der Waals surface area contributed by atoms with Gasteiger partial charge in [-0.3, -0.25) is 9.59 Å². The molecular weight excluding hydrogens is 294 g/mol. The third kappa shape index (κ3) is 3.29. The largest absolute Gasteiger partial charge is 0.364 e. The van der Waals surface area contributed by atoms with Crippen LogP contribution in [-0.2, 0) is 20.8 Å². The highest BCUT2D eigenvalue weighted by Gasteiger charge is 2.33. The topological polar surface area (TPSA) is 63.7 Å². The molecule has 1 aliphatic heterocycles. The van der Waals surface area contributed by atoms with Crippen molar-refractivity contribution in [2.24, 2.45) is 0 Å². The maximum Gasteiger partial charge on any atom is 0.364 e. The number of hydroxylamine groups is 2. The predicted molar refractivity (Wildman–Crippen MR) is 82.2 cm³/mol. The normalized spacial score (nSPS) is 14.2. The van der Waals surface area contributed by atoms with Gasteiger partial charge >= 0.3 is 5.97 Å². The van der Waals surface area contributed by atoms with Crippen molar-refractivity contribution in [2.45, 2.75) is 19.3 Å². The fourth-order valence-electron chi connectivity index (χ4n) is 2.48. The van der Waals surface area contributed by atoms with Gasteiger partial charge in [-0.15, -0.1) is 5.06 Å². The Bertz CT molecular complexity index is 739. The predicted octanol–water partition coefficient (Wildman–Crippen LogP) is 2.50. The highest BCUT2D eigenvalue weighted by Crippen LogP contribution is 2.18. The van der Waals surface area contributed by atoms with E-state index in [4.69, 9.17) is 4.84 Å². The van der Waals surface area contributed by atoms with Crippen molar-refractivity contribution in [3.63, 3.8) is 0 Å². The first-order valence-electron chi connectivity index (χ1n) is 7.35. The van der Waals surface area contributed by atoms with Crippen molar-refractivity contribution in [1.82, 2.24) is 5.06 Å². The van der Waals surface area contributed by atoms with E-state index in [0.717, 1.165) is 11.1 Å². The van der Waals surface area contributed by atoms with Gasteiger partial charge in [0.05, 0.1) is 5.56 Å². The lowest BCUT2D eigenvalue weighted by atomic mass is 10.00. The fraction of sp³-hybridized carbons (Fsp3) is 0.167. The van der Waals surface area contributed by atoms with Crippen LogP contribution in [0.15, 0.2) is 54.6 Å². The summed E-state index contributed by atoms with van der Waals surface area (Å²) >= 11 is 0. The second kappa shape index (κ2) is 6.44. The van der Waals surface area contributed by atoms with Gasteiger partial charge in [-0.2, -0.15) is 0 Å². The van der Waals surface area contributed by atoms with Gasteiger partial charge in [0.25, 0.3) is 11.8 Å². The van der Waals surface area contributed by atoms with Gasteiger partial charge in [0, 0.05) is 12.8 Å². The zero-order chi connectivity index (χ0) is 16.2. The lowest BCUT2D eigenvalue weighted by molar-refractivity contribution is -0.172. The number of benzene rings is 2. The summed E-state index contributed by atoms with van der Waals surface area (Å²) in [6.45, 7) is 0. The molecule has 0 aliphatic carbocycles. The molecule has 5 heteroatoms. The summed E-state index contributed by atoms with van der Waals surface area (Å²) in [5, 5.41) is 0.571. The third-order valence-corrected chi connectivity index (χ3v) is 3.65. The van der Waals surface area contributed by atoms with Crippen molar-refractivity contribution in [2.75, 3.05) is 0 Å². The maximum atomic E-state index is 12.3. The molecule has 23 heavy (non-hydrogen) atoms. The number of nitrogens with zero attached hydrogens (tertiary/aromatic N) is 1. The molecule has 116 valence electrons. The van der Waals surface area contributed by atoms with E-state index >= 15 is 0 Å². The number of carbonyl (C=O) groups excluding carboxylic acids is 3. The Morgan fingerprint density at radius 1 is 0.913 bits per heavy atom. The zero-order valence-electron chi connectivity index (χ0n) is 12.4. The number of hydrogen-bond donors (Lipinski definition) is 0. The molecule has 2 amide bonds. The Labute approximate surface area is 133 Å². The molecule has 0 bridgehead atoms. The number of carbonyl (C=O) groups is 3. The van der Waals surface area contributed by atoms with Crippen molar-refractivity contribution < 1.29 is 19.2 Å². The van der Waals surface area contributed by atoms with Gasteiger partial charge in [-0.05, 0) is 23.6 Å². The number of hydrogen-bond acceptors (Lipinski definition) is 4. The quantitative estimate of drug-likeness (QED) is 0.814. The SMILES string of the molecule is O=C(ON1C(=O)CCC1=O)c1ccccc1Cc1ccccc1. The minimum atomic E-state index is -0.694. The molecule has 0 unspecified atom stereocenters. The molecule has 1 aliphatic rings. The Morgan fingerprint density at radius 3 is 2.22 bits per heavy atom. The minimum Gasteiger partial charge on any atom is -0.325 e. The zero-order valence-corrected chi connectivity index (χ0v) is 12.4. The van der Waals surface area contributed by atoms with Crippen LogP contribution in [0.3, 0.4) is 0 Å². The first-order chi connectivity index (χ1) is 11.1. The molecule has 3 rings (SSSR count). The molecule has 1 heterocycles. The van der Waals surface area contributed by atoms with E-state index in [2.05, 4.69) is 0 Å². The average molecular weight is 309 g/mol. The van der Waals surface area contributed by atoms with Crippen LogP contribution in [0.2, 0.25) is 0 Å².